The number of hydrogen-bond acceptors (Lipinski definition) is 25. The Morgan fingerprint density at radius 3 is 1.08 bits per heavy atom. The van der Waals surface area contributed by atoms with Gasteiger partial charge in [0.05, 0.1) is 94.4 Å². The minimum Gasteiger partial charge on any atom is -0.489 e. The zero-order valence-electron chi connectivity index (χ0n) is 66.2. The van der Waals surface area contributed by atoms with Crippen LogP contribution in [0.4, 0.5) is 34.1 Å². The molecule has 0 saturated carbocycles. The molecule has 6 fully saturated rings. The summed E-state index contributed by atoms with van der Waals surface area (Å²) in [6.45, 7) is 15.7. The van der Waals surface area contributed by atoms with Crippen molar-refractivity contribution in [3.8, 4) is 69.2 Å². The van der Waals surface area contributed by atoms with E-state index >= 15 is 0 Å². The van der Waals surface area contributed by atoms with Gasteiger partial charge in [0.15, 0.2) is 0 Å². The van der Waals surface area contributed by atoms with Gasteiger partial charge in [0, 0.05) is 190 Å². The molecule has 118 heavy (non-hydrogen) atoms. The fourth-order valence-corrected chi connectivity index (χ4v) is 16.3. The molecule has 6 aromatic carbocycles. The molecule has 0 atom stereocenters. The summed E-state index contributed by atoms with van der Waals surface area (Å²) in [5, 5.41) is 38.7. The van der Waals surface area contributed by atoms with Crippen LogP contribution >= 0.6 is 0 Å². The number of carbonyl (C=O) groups is 3. The summed E-state index contributed by atoms with van der Waals surface area (Å²) < 4.78 is 29.4. The molecule has 0 aliphatic carbocycles. The average molecular weight is 1580 g/mol. The van der Waals surface area contributed by atoms with Crippen LogP contribution < -0.4 is 28.9 Å². The third kappa shape index (κ3) is 18.0. The van der Waals surface area contributed by atoms with Gasteiger partial charge in [0.25, 0.3) is 0 Å². The summed E-state index contributed by atoms with van der Waals surface area (Å²) >= 11 is 0. The van der Waals surface area contributed by atoms with Crippen molar-refractivity contribution in [1.82, 2.24) is 49.5 Å². The SMILES string of the molecule is CC(=O)N1CCC(Oc2ccc(-c3ncnc4c3N=C(c3ccc(N5CCOCC5)cc3)C4)cc2C#N)CC1.CN1CCN(c2ccc(C3=Nc4c(ncnc4-c4ccc(OC5CCN(C(=O)CO)CC5)c(C#N)c4)C3)cc2)CC1.N#Cc1cc(-c2ncnc3c2N=C(c2ccc(N4CCOCC4)cc2)C3)ccc1OC1CCN(C=O)CC1. The zero-order valence-corrected chi connectivity index (χ0v) is 66.2. The van der Waals surface area contributed by atoms with E-state index in [0.717, 1.165) is 196 Å². The van der Waals surface area contributed by atoms with Gasteiger partial charge in [-0.2, -0.15) is 15.8 Å². The van der Waals surface area contributed by atoms with Gasteiger partial charge >= 0.3 is 0 Å². The highest BCUT2D eigenvalue weighted by atomic mass is 16.5. The number of likely N-dealkylation sites (N-methyl/N-ethyl adjacent to an activating group) is 1. The van der Waals surface area contributed by atoms with Crippen LogP contribution in [0.3, 0.4) is 0 Å². The number of morpholine rings is 2. The van der Waals surface area contributed by atoms with Gasteiger partial charge < -0.3 is 63.1 Å². The van der Waals surface area contributed by atoms with Crippen molar-refractivity contribution in [2.75, 3.05) is 146 Å². The molecule has 18 rings (SSSR count). The second-order valence-corrected chi connectivity index (χ2v) is 30.5. The highest BCUT2D eigenvalue weighted by Crippen LogP contribution is 2.42. The Bertz CT molecular complexity index is 5410. The summed E-state index contributed by atoms with van der Waals surface area (Å²) in [7, 11) is 2.16. The molecule has 12 heterocycles. The summed E-state index contributed by atoms with van der Waals surface area (Å²) in [6.07, 6.45) is 11.6. The number of nitriles is 3. The third-order valence-electron chi connectivity index (χ3n) is 23.1. The number of ether oxygens (including phenoxy) is 5. The minimum absolute atomic E-state index is 0.0192. The highest BCUT2D eigenvalue weighted by Gasteiger charge is 2.31. The van der Waals surface area contributed by atoms with Crippen molar-refractivity contribution in [2.24, 2.45) is 15.0 Å². The fraction of sp³-hybridized carbons (Fsp3) is 0.367. The molecule has 600 valence electrons. The Balaban J connectivity index is 0.000000132. The molecule has 0 unspecified atom stereocenters. The molecular weight excluding hydrogens is 1490 g/mol. The van der Waals surface area contributed by atoms with E-state index in [-0.39, 0.29) is 30.1 Å². The Morgan fingerprint density at radius 2 is 0.754 bits per heavy atom. The van der Waals surface area contributed by atoms with E-state index in [9.17, 15) is 30.2 Å². The first-order valence-corrected chi connectivity index (χ1v) is 40.4. The normalized spacial score (nSPS) is 17.5. The number of benzene rings is 6. The topological polar surface area (TPSA) is 326 Å². The molecular formula is C90H91N19O9. The first kappa shape index (κ1) is 79.0. The lowest BCUT2D eigenvalue weighted by Gasteiger charge is -2.34. The van der Waals surface area contributed by atoms with E-state index in [4.69, 9.17) is 43.8 Å². The first-order chi connectivity index (χ1) is 57.8. The summed E-state index contributed by atoms with van der Waals surface area (Å²) in [4.78, 5) is 90.9. The van der Waals surface area contributed by atoms with Crippen molar-refractivity contribution >= 4 is 69.5 Å². The maximum absolute atomic E-state index is 11.7. The van der Waals surface area contributed by atoms with Crippen LogP contribution in [-0.4, -0.2) is 240 Å². The Labute approximate surface area is 685 Å². The van der Waals surface area contributed by atoms with Crippen LogP contribution in [0.15, 0.2) is 161 Å². The number of amides is 3. The maximum Gasteiger partial charge on any atom is 0.248 e. The lowest BCUT2D eigenvalue weighted by atomic mass is 10.0. The van der Waals surface area contributed by atoms with Crippen LogP contribution in [0, 0.1) is 34.0 Å². The number of anilines is 3. The summed E-state index contributed by atoms with van der Waals surface area (Å²) in [5.74, 6) is 1.44. The standard InChI is InChI=1S/C31H33N7O3.C30H30N6O3.C29H28N6O3/c1-36-12-14-37(15-13-36)24-5-2-21(3-6-24)26-17-27-31(35-26)30(34-20-33-27)22-4-7-28(23(16-22)18-32)41-25-8-10-38(11-9-25)29(40)19-39;1-20(37)35-10-8-25(9-11-35)39-28-7-4-22(16-23(28)18-31)29-30-27(32-19-33-29)17-26(34-30)21-2-5-24(6-3-21)36-12-14-38-15-13-36;30-17-22-15-21(3-6-27(22)38-24-7-9-34(19-36)10-8-24)28-29-26(31-18-32-28)16-25(33-29)20-1-4-23(5-2-20)35-11-13-37-14-12-35/h2-7,16,20,25,39H,8-15,17,19H2,1H3;2-7,16,19,25H,8-15,17H2,1H3;1-6,15,18-19,24H,7-14,16H2. The molecule has 3 aromatic heterocycles. The van der Waals surface area contributed by atoms with E-state index in [1.807, 2.05) is 53.4 Å². The van der Waals surface area contributed by atoms with Gasteiger partial charge in [-0.05, 0) is 115 Å². The molecule has 3 amide bonds. The van der Waals surface area contributed by atoms with E-state index in [2.05, 4.69) is 148 Å². The number of aromatic nitrogens is 6. The van der Waals surface area contributed by atoms with Crippen molar-refractivity contribution < 1.29 is 43.2 Å². The Kier molecular flexibility index (Phi) is 24.4. The van der Waals surface area contributed by atoms with Crippen molar-refractivity contribution in [3.63, 3.8) is 0 Å². The number of aliphatic hydroxyl groups excluding tert-OH is 1. The lowest BCUT2D eigenvalue weighted by Crippen LogP contribution is -2.44. The van der Waals surface area contributed by atoms with Crippen LogP contribution in [0.25, 0.3) is 33.8 Å². The second-order valence-electron chi connectivity index (χ2n) is 30.5. The van der Waals surface area contributed by atoms with Gasteiger partial charge in [0.2, 0.25) is 18.2 Å². The number of carbonyl (C=O) groups excluding carboxylic acids is 3. The van der Waals surface area contributed by atoms with E-state index in [1.165, 1.54) is 17.1 Å². The van der Waals surface area contributed by atoms with Crippen molar-refractivity contribution in [1.29, 1.82) is 15.8 Å². The number of likely N-dealkylation sites (tertiary alicyclic amines) is 3. The van der Waals surface area contributed by atoms with Crippen molar-refractivity contribution in [2.45, 2.75) is 83.0 Å². The lowest BCUT2D eigenvalue weighted by molar-refractivity contribution is -0.136. The average Bonchev–Trinajstić information content (AvgIpc) is 1.58. The predicted octanol–water partition coefficient (Wildman–Crippen LogP) is 10.3. The second kappa shape index (κ2) is 36.5. The van der Waals surface area contributed by atoms with Crippen LogP contribution in [0.5, 0.6) is 17.2 Å². The number of piperazine rings is 1. The molecule has 0 bridgehead atoms. The van der Waals surface area contributed by atoms with Crippen LogP contribution in [0.1, 0.15) is 95.9 Å². The molecule has 6 saturated heterocycles. The minimum atomic E-state index is -0.479. The van der Waals surface area contributed by atoms with E-state index in [1.54, 1.807) is 41.8 Å². The Hall–Kier alpha value is -12.9. The molecule has 9 aliphatic rings. The van der Waals surface area contributed by atoms with Gasteiger partial charge in [-0.3, -0.25) is 14.4 Å². The van der Waals surface area contributed by atoms with Crippen LogP contribution in [0.2, 0.25) is 0 Å². The zero-order chi connectivity index (χ0) is 81.0. The predicted molar refractivity (Wildman–Crippen MR) is 446 cm³/mol. The number of rotatable bonds is 17. The van der Waals surface area contributed by atoms with Gasteiger partial charge in [-0.25, -0.2) is 44.9 Å². The highest BCUT2D eigenvalue weighted by molar-refractivity contribution is 6.09. The number of piperidine rings is 3. The number of aliphatic hydroxyl groups is 1. The van der Waals surface area contributed by atoms with Gasteiger partial charge in [-0.15, -0.1) is 0 Å². The summed E-state index contributed by atoms with van der Waals surface area (Å²) in [5.41, 5.74) is 20.4. The maximum atomic E-state index is 11.7. The number of hydrogen-bond donors (Lipinski definition) is 1. The molecule has 9 aliphatic heterocycles. The van der Waals surface area contributed by atoms with Gasteiger partial charge in [0.1, 0.15) is 96.4 Å². The van der Waals surface area contributed by atoms with Gasteiger partial charge in [-0.1, -0.05) is 36.4 Å². The fourth-order valence-electron chi connectivity index (χ4n) is 16.3. The third-order valence-corrected chi connectivity index (χ3v) is 23.1. The smallest absolute Gasteiger partial charge is 0.248 e. The Morgan fingerprint density at radius 1 is 0.432 bits per heavy atom. The molecule has 28 nitrogen and oxygen atoms in total. The first-order valence-electron chi connectivity index (χ1n) is 40.4. The molecule has 9 aromatic rings. The number of aliphatic imine (C=N–C) groups is 3. The number of fused-ring (bicyclic) bond motifs is 3. The molecule has 0 spiro atoms. The van der Waals surface area contributed by atoms with E-state index < -0.39 is 6.61 Å². The molecule has 0 radical (unpaired) electrons. The molecule has 1 N–H and O–H groups in total. The summed E-state index contributed by atoms with van der Waals surface area (Å²) in [6, 6.07) is 49.1. The van der Waals surface area contributed by atoms with Crippen LogP contribution in [-0.2, 0) is 43.1 Å². The largest absolute Gasteiger partial charge is 0.489 e. The molecule has 28 heteroatoms. The monoisotopic (exact) mass is 1580 g/mol. The van der Waals surface area contributed by atoms with E-state index in [0.29, 0.717) is 122 Å². The van der Waals surface area contributed by atoms with Crippen molar-refractivity contribution in [3.05, 3.63) is 197 Å². The quantitative estimate of drug-likeness (QED) is 0.0828. The number of nitrogens with zero attached hydrogens (tertiary/aromatic N) is 19.